The molecule has 0 spiro atoms. The summed E-state index contributed by atoms with van der Waals surface area (Å²) in [5.74, 6) is 0.554. The van der Waals surface area contributed by atoms with E-state index in [1.54, 1.807) is 26.2 Å². The van der Waals surface area contributed by atoms with Crippen molar-refractivity contribution in [2.45, 2.75) is 19.8 Å². The monoisotopic (exact) mass is 244 g/mol. The first-order valence-corrected chi connectivity index (χ1v) is 5.91. The summed E-state index contributed by atoms with van der Waals surface area (Å²) >= 11 is 0. The summed E-state index contributed by atoms with van der Waals surface area (Å²) in [6.07, 6.45) is 5.88. The summed E-state index contributed by atoms with van der Waals surface area (Å²) in [5.41, 5.74) is 2.96. The van der Waals surface area contributed by atoms with Crippen molar-refractivity contribution < 1.29 is 14.3 Å². The molecule has 0 bridgehead atoms. The Morgan fingerprint density at radius 1 is 1.61 bits per heavy atom. The first kappa shape index (κ1) is 12.6. The molecule has 2 atom stereocenters. The SMILES string of the molecule is C=C=C[C@]12C=CC(=O)C[C@H]1/C(=C(/C)OC)C(=O)C2. The van der Waals surface area contributed by atoms with Gasteiger partial charge in [0, 0.05) is 29.7 Å². The Morgan fingerprint density at radius 2 is 2.33 bits per heavy atom. The number of allylic oxidation sites excluding steroid dienone is 5. The fraction of sp³-hybridized carbons (Fsp3) is 0.400. The molecule has 3 nitrogen and oxygen atoms in total. The zero-order valence-corrected chi connectivity index (χ0v) is 10.7. The van der Waals surface area contributed by atoms with Crippen LogP contribution >= 0.6 is 0 Å². The molecule has 2 aliphatic rings. The van der Waals surface area contributed by atoms with E-state index in [0.717, 1.165) is 0 Å². The maximum atomic E-state index is 12.2. The second kappa shape index (κ2) is 4.43. The van der Waals surface area contributed by atoms with E-state index in [2.05, 4.69) is 12.3 Å². The van der Waals surface area contributed by atoms with Crippen molar-refractivity contribution in [2.75, 3.05) is 7.11 Å². The third-order valence-corrected chi connectivity index (χ3v) is 3.81. The van der Waals surface area contributed by atoms with Gasteiger partial charge in [-0.15, -0.1) is 5.73 Å². The van der Waals surface area contributed by atoms with E-state index < -0.39 is 5.41 Å². The minimum Gasteiger partial charge on any atom is -0.501 e. The van der Waals surface area contributed by atoms with Gasteiger partial charge in [0.2, 0.25) is 0 Å². The highest BCUT2D eigenvalue weighted by Crippen LogP contribution is 2.51. The fourth-order valence-electron chi connectivity index (χ4n) is 2.89. The average molecular weight is 244 g/mol. The smallest absolute Gasteiger partial charge is 0.163 e. The molecule has 0 aromatic heterocycles. The molecule has 2 rings (SSSR count). The van der Waals surface area contributed by atoms with Gasteiger partial charge in [0.05, 0.1) is 12.9 Å². The highest BCUT2D eigenvalue weighted by atomic mass is 16.5. The summed E-state index contributed by atoms with van der Waals surface area (Å²) in [7, 11) is 1.54. The molecular formula is C15H16O3. The fourth-order valence-corrected chi connectivity index (χ4v) is 2.89. The lowest BCUT2D eigenvalue weighted by Gasteiger charge is -2.31. The van der Waals surface area contributed by atoms with Gasteiger partial charge in [0.1, 0.15) is 0 Å². The molecule has 18 heavy (non-hydrogen) atoms. The molecule has 0 saturated heterocycles. The van der Waals surface area contributed by atoms with Crippen molar-refractivity contribution in [3.63, 3.8) is 0 Å². The number of Topliss-reactive ketones (excluding diaryl/α,β-unsaturated/α-hetero) is 1. The van der Waals surface area contributed by atoms with E-state index in [9.17, 15) is 9.59 Å². The molecule has 0 aromatic carbocycles. The highest BCUT2D eigenvalue weighted by Gasteiger charge is 2.50. The number of carbonyl (C=O) groups is 2. The number of rotatable bonds is 2. The Kier molecular flexibility index (Phi) is 3.10. The van der Waals surface area contributed by atoms with E-state index in [4.69, 9.17) is 4.74 Å². The molecule has 0 radical (unpaired) electrons. The number of ether oxygens (including phenoxy) is 1. The van der Waals surface area contributed by atoms with E-state index in [0.29, 0.717) is 24.2 Å². The molecule has 0 aliphatic heterocycles. The molecule has 0 heterocycles. The lowest BCUT2D eigenvalue weighted by atomic mass is 9.71. The Morgan fingerprint density at radius 3 is 2.94 bits per heavy atom. The van der Waals surface area contributed by atoms with Crippen molar-refractivity contribution in [2.24, 2.45) is 11.3 Å². The maximum absolute atomic E-state index is 12.2. The number of hydrogen-bond donors (Lipinski definition) is 0. The predicted molar refractivity (Wildman–Crippen MR) is 67.7 cm³/mol. The standard InChI is InChI=1S/C15H16O3/c1-4-6-15-7-5-11(16)8-12(15)14(10(2)18-3)13(17)9-15/h5-7,12H,1,8-9H2,2-3H3/b14-10+/t12-,15+/m0/s1. The minimum absolute atomic E-state index is 0.0455. The Balaban J connectivity index is 2.59. The van der Waals surface area contributed by atoms with E-state index in [1.165, 1.54) is 0 Å². The molecule has 94 valence electrons. The average Bonchev–Trinajstić information content (AvgIpc) is 2.61. The number of carbonyl (C=O) groups excluding carboxylic acids is 2. The van der Waals surface area contributed by atoms with Crippen LogP contribution in [-0.4, -0.2) is 18.7 Å². The summed E-state index contributed by atoms with van der Waals surface area (Å²) in [4.78, 5) is 23.8. The van der Waals surface area contributed by atoms with Gasteiger partial charge < -0.3 is 4.74 Å². The van der Waals surface area contributed by atoms with E-state index in [-0.39, 0.29) is 17.5 Å². The summed E-state index contributed by atoms with van der Waals surface area (Å²) in [5, 5.41) is 0. The van der Waals surface area contributed by atoms with Crippen molar-refractivity contribution >= 4 is 11.6 Å². The zero-order chi connectivity index (χ0) is 13.3. The summed E-state index contributed by atoms with van der Waals surface area (Å²) in [6.45, 7) is 5.35. The second-order valence-corrected chi connectivity index (χ2v) is 4.79. The van der Waals surface area contributed by atoms with Crippen LogP contribution in [0.15, 0.2) is 41.9 Å². The first-order chi connectivity index (χ1) is 8.54. The zero-order valence-electron chi connectivity index (χ0n) is 10.7. The van der Waals surface area contributed by atoms with Crippen LogP contribution in [0.25, 0.3) is 0 Å². The number of ketones is 2. The van der Waals surface area contributed by atoms with Gasteiger partial charge in [-0.1, -0.05) is 12.7 Å². The van der Waals surface area contributed by atoms with Crippen LogP contribution in [0.2, 0.25) is 0 Å². The lowest BCUT2D eigenvalue weighted by Crippen LogP contribution is -2.27. The van der Waals surface area contributed by atoms with Gasteiger partial charge in [0.25, 0.3) is 0 Å². The van der Waals surface area contributed by atoms with E-state index in [1.807, 2.05) is 6.08 Å². The highest BCUT2D eigenvalue weighted by molar-refractivity contribution is 6.03. The minimum atomic E-state index is -0.443. The molecule has 0 unspecified atom stereocenters. The third kappa shape index (κ3) is 1.77. The number of hydrogen-bond acceptors (Lipinski definition) is 3. The topological polar surface area (TPSA) is 43.4 Å². The number of methoxy groups -OCH3 is 1. The molecule has 1 fully saturated rings. The van der Waals surface area contributed by atoms with Crippen LogP contribution in [0.5, 0.6) is 0 Å². The molecule has 0 aromatic rings. The van der Waals surface area contributed by atoms with Crippen LogP contribution in [-0.2, 0) is 14.3 Å². The van der Waals surface area contributed by atoms with Gasteiger partial charge in [0.15, 0.2) is 11.6 Å². The quantitative estimate of drug-likeness (QED) is 0.425. The molecule has 2 aliphatic carbocycles. The van der Waals surface area contributed by atoms with Crippen LogP contribution in [0.3, 0.4) is 0 Å². The van der Waals surface area contributed by atoms with Crippen molar-refractivity contribution in [3.8, 4) is 0 Å². The van der Waals surface area contributed by atoms with Crippen molar-refractivity contribution in [3.05, 3.63) is 41.9 Å². The van der Waals surface area contributed by atoms with Gasteiger partial charge in [-0.05, 0) is 19.1 Å². The first-order valence-electron chi connectivity index (χ1n) is 5.91. The van der Waals surface area contributed by atoms with Gasteiger partial charge in [-0.3, -0.25) is 9.59 Å². The maximum Gasteiger partial charge on any atom is 0.163 e. The normalized spacial score (nSPS) is 32.9. The predicted octanol–water partition coefficient (Wildman–Crippen LogP) is 2.35. The Hall–Kier alpha value is -1.86. The van der Waals surface area contributed by atoms with E-state index >= 15 is 0 Å². The molecular weight excluding hydrogens is 228 g/mol. The molecule has 3 heteroatoms. The van der Waals surface area contributed by atoms with Crippen LogP contribution in [0, 0.1) is 11.3 Å². The second-order valence-electron chi connectivity index (χ2n) is 4.79. The van der Waals surface area contributed by atoms with Gasteiger partial charge in [-0.25, -0.2) is 0 Å². The molecule has 1 saturated carbocycles. The Bertz CT molecular complexity index is 518. The largest absolute Gasteiger partial charge is 0.501 e. The van der Waals surface area contributed by atoms with Crippen molar-refractivity contribution in [1.29, 1.82) is 0 Å². The third-order valence-electron chi connectivity index (χ3n) is 3.81. The Labute approximate surface area is 107 Å². The molecule has 0 amide bonds. The van der Waals surface area contributed by atoms with Gasteiger partial charge in [-0.2, -0.15) is 0 Å². The summed E-state index contributed by atoms with van der Waals surface area (Å²) < 4.78 is 5.19. The van der Waals surface area contributed by atoms with Crippen LogP contribution in [0.1, 0.15) is 19.8 Å². The lowest BCUT2D eigenvalue weighted by molar-refractivity contribution is -0.116. The number of fused-ring (bicyclic) bond motifs is 1. The molecule has 0 N–H and O–H groups in total. The van der Waals surface area contributed by atoms with Crippen LogP contribution in [0.4, 0.5) is 0 Å². The van der Waals surface area contributed by atoms with Crippen molar-refractivity contribution in [1.82, 2.24) is 0 Å². The van der Waals surface area contributed by atoms with Crippen LogP contribution < -0.4 is 0 Å². The summed E-state index contributed by atoms with van der Waals surface area (Å²) in [6, 6.07) is 0. The van der Waals surface area contributed by atoms with Gasteiger partial charge >= 0.3 is 0 Å².